The van der Waals surface area contributed by atoms with Gasteiger partial charge in [-0.1, -0.05) is 13.8 Å². The van der Waals surface area contributed by atoms with E-state index in [9.17, 15) is 5.11 Å². The van der Waals surface area contributed by atoms with Gasteiger partial charge >= 0.3 is 0 Å². The maximum absolute atomic E-state index is 9.76. The van der Waals surface area contributed by atoms with Crippen molar-refractivity contribution < 1.29 is 5.11 Å². The fourth-order valence-corrected chi connectivity index (χ4v) is 2.71. The van der Waals surface area contributed by atoms with E-state index in [0.29, 0.717) is 6.04 Å². The van der Waals surface area contributed by atoms with Crippen LogP contribution in [0, 0.1) is 5.41 Å². The Morgan fingerprint density at radius 2 is 1.79 bits per heavy atom. The smallest absolute Gasteiger partial charge is 0.0630 e. The maximum Gasteiger partial charge on any atom is 0.0630 e. The molecule has 1 aliphatic rings. The van der Waals surface area contributed by atoms with Gasteiger partial charge in [-0.25, -0.2) is 0 Å². The molecule has 0 aromatic heterocycles. The van der Waals surface area contributed by atoms with Crippen molar-refractivity contribution in [1.29, 1.82) is 0 Å². The lowest BCUT2D eigenvalue weighted by Gasteiger charge is -2.49. The number of nitrogens with zero attached hydrogens (tertiary/aromatic N) is 1. The molecule has 106 valence electrons. The number of hydrogen-bond acceptors (Lipinski definition) is 3. The molecule has 2 N–H and O–H groups in total. The lowest BCUT2D eigenvalue weighted by atomic mass is 9.64. The van der Waals surface area contributed by atoms with Crippen LogP contribution >= 0.6 is 0 Å². The molecule has 1 saturated carbocycles. The normalized spacial score (nSPS) is 24.7. The minimum Gasteiger partial charge on any atom is -0.392 e. The van der Waals surface area contributed by atoms with Crippen LogP contribution < -0.4 is 10.2 Å². The second-order valence-corrected chi connectivity index (χ2v) is 5.99. The number of anilines is 2. The number of aliphatic hydroxyl groups is 1. The highest BCUT2D eigenvalue weighted by atomic mass is 16.3. The van der Waals surface area contributed by atoms with Crippen LogP contribution in [0.3, 0.4) is 0 Å². The molecule has 0 saturated heterocycles. The molecule has 3 nitrogen and oxygen atoms in total. The van der Waals surface area contributed by atoms with Gasteiger partial charge in [-0.3, -0.25) is 0 Å². The molecule has 0 amide bonds. The van der Waals surface area contributed by atoms with E-state index in [2.05, 4.69) is 62.2 Å². The second kappa shape index (κ2) is 5.41. The summed E-state index contributed by atoms with van der Waals surface area (Å²) in [6, 6.07) is 8.96. The van der Waals surface area contributed by atoms with Crippen molar-refractivity contribution in [2.45, 2.75) is 46.3 Å². The van der Waals surface area contributed by atoms with Crippen LogP contribution in [0.25, 0.3) is 0 Å². The largest absolute Gasteiger partial charge is 0.392 e. The SMILES string of the molecule is CCN(CC)c1ccc(NC2CC(O)C2(C)C)cc1. The second-order valence-electron chi connectivity index (χ2n) is 5.99. The topological polar surface area (TPSA) is 35.5 Å². The Morgan fingerprint density at radius 3 is 2.21 bits per heavy atom. The van der Waals surface area contributed by atoms with E-state index < -0.39 is 0 Å². The van der Waals surface area contributed by atoms with Crippen molar-refractivity contribution in [2.75, 3.05) is 23.3 Å². The molecule has 0 spiro atoms. The van der Waals surface area contributed by atoms with E-state index in [1.165, 1.54) is 5.69 Å². The molecule has 19 heavy (non-hydrogen) atoms. The summed E-state index contributed by atoms with van der Waals surface area (Å²) in [6.45, 7) is 10.6. The summed E-state index contributed by atoms with van der Waals surface area (Å²) >= 11 is 0. The third-order valence-electron chi connectivity index (χ3n) is 4.55. The Kier molecular flexibility index (Phi) is 4.04. The molecule has 0 heterocycles. The lowest BCUT2D eigenvalue weighted by molar-refractivity contribution is -0.0510. The molecule has 3 heteroatoms. The fourth-order valence-electron chi connectivity index (χ4n) is 2.71. The number of hydrogen-bond donors (Lipinski definition) is 2. The monoisotopic (exact) mass is 262 g/mol. The molecule has 1 aliphatic carbocycles. The Morgan fingerprint density at radius 1 is 1.21 bits per heavy atom. The maximum atomic E-state index is 9.76. The molecule has 2 atom stereocenters. The van der Waals surface area contributed by atoms with Gasteiger partial charge in [0.05, 0.1) is 6.10 Å². The van der Waals surface area contributed by atoms with E-state index >= 15 is 0 Å². The van der Waals surface area contributed by atoms with Gasteiger partial charge in [-0.05, 0) is 44.5 Å². The molecule has 2 unspecified atom stereocenters. The predicted octanol–water partition coefficient (Wildman–Crippen LogP) is 3.10. The molecule has 0 radical (unpaired) electrons. The lowest BCUT2D eigenvalue weighted by Crippen LogP contribution is -2.56. The molecule has 1 aromatic carbocycles. The van der Waals surface area contributed by atoms with Gasteiger partial charge in [0.2, 0.25) is 0 Å². The Balaban J connectivity index is 2.00. The first kappa shape index (κ1) is 14.2. The standard InChI is InChI=1S/C16H26N2O/c1-5-18(6-2)13-9-7-12(8-10-13)17-14-11-15(19)16(14,3)4/h7-10,14-15,17,19H,5-6,11H2,1-4H3. The summed E-state index contributed by atoms with van der Waals surface area (Å²) in [4.78, 5) is 2.33. The molecule has 1 fully saturated rings. The summed E-state index contributed by atoms with van der Waals surface area (Å²) < 4.78 is 0. The quantitative estimate of drug-likeness (QED) is 0.856. The van der Waals surface area contributed by atoms with E-state index in [4.69, 9.17) is 0 Å². The highest BCUT2D eigenvalue weighted by Gasteiger charge is 2.47. The zero-order valence-electron chi connectivity index (χ0n) is 12.5. The summed E-state index contributed by atoms with van der Waals surface area (Å²) in [5.41, 5.74) is 2.38. The number of rotatable bonds is 5. The van der Waals surface area contributed by atoms with Gasteiger partial charge < -0.3 is 15.3 Å². The van der Waals surface area contributed by atoms with Crippen LogP contribution in [0.2, 0.25) is 0 Å². The first-order chi connectivity index (χ1) is 8.98. The number of nitrogens with one attached hydrogen (secondary N) is 1. The molecule has 2 rings (SSSR count). The van der Waals surface area contributed by atoms with Gasteiger partial charge in [-0.2, -0.15) is 0 Å². The van der Waals surface area contributed by atoms with Crippen LogP contribution in [0.4, 0.5) is 11.4 Å². The molecule has 0 aliphatic heterocycles. The fraction of sp³-hybridized carbons (Fsp3) is 0.625. The predicted molar refractivity (Wildman–Crippen MR) is 81.8 cm³/mol. The molecular formula is C16H26N2O. The first-order valence-corrected chi connectivity index (χ1v) is 7.28. The number of benzene rings is 1. The molecular weight excluding hydrogens is 236 g/mol. The van der Waals surface area contributed by atoms with Crippen molar-refractivity contribution in [3.05, 3.63) is 24.3 Å². The van der Waals surface area contributed by atoms with Crippen molar-refractivity contribution in [1.82, 2.24) is 0 Å². The summed E-state index contributed by atoms with van der Waals surface area (Å²) in [5, 5.41) is 13.3. The van der Waals surface area contributed by atoms with Gasteiger partial charge in [0.15, 0.2) is 0 Å². The minimum absolute atomic E-state index is 0.0302. The van der Waals surface area contributed by atoms with E-state index in [1.807, 2.05) is 0 Å². The zero-order chi connectivity index (χ0) is 14.0. The van der Waals surface area contributed by atoms with Crippen LogP contribution in [0.5, 0.6) is 0 Å². The molecule has 1 aromatic rings. The van der Waals surface area contributed by atoms with Crippen LogP contribution in [-0.4, -0.2) is 30.3 Å². The van der Waals surface area contributed by atoms with Crippen LogP contribution in [0.1, 0.15) is 34.1 Å². The van der Waals surface area contributed by atoms with E-state index in [0.717, 1.165) is 25.2 Å². The Hall–Kier alpha value is -1.22. The van der Waals surface area contributed by atoms with Crippen molar-refractivity contribution in [3.8, 4) is 0 Å². The van der Waals surface area contributed by atoms with Gasteiger partial charge in [0.1, 0.15) is 0 Å². The van der Waals surface area contributed by atoms with Crippen molar-refractivity contribution in [2.24, 2.45) is 5.41 Å². The third kappa shape index (κ3) is 2.71. The van der Waals surface area contributed by atoms with E-state index in [-0.39, 0.29) is 11.5 Å². The number of aliphatic hydroxyl groups excluding tert-OH is 1. The molecule has 0 bridgehead atoms. The van der Waals surface area contributed by atoms with Crippen LogP contribution in [0.15, 0.2) is 24.3 Å². The van der Waals surface area contributed by atoms with Gasteiger partial charge in [0.25, 0.3) is 0 Å². The van der Waals surface area contributed by atoms with Crippen molar-refractivity contribution in [3.63, 3.8) is 0 Å². The summed E-state index contributed by atoms with van der Waals surface area (Å²) in [5.74, 6) is 0. The summed E-state index contributed by atoms with van der Waals surface area (Å²) in [7, 11) is 0. The highest BCUT2D eigenvalue weighted by molar-refractivity contribution is 5.55. The van der Waals surface area contributed by atoms with Crippen molar-refractivity contribution >= 4 is 11.4 Å². The van der Waals surface area contributed by atoms with Gasteiger partial charge in [-0.15, -0.1) is 0 Å². The average molecular weight is 262 g/mol. The minimum atomic E-state index is -0.181. The average Bonchev–Trinajstić information content (AvgIpc) is 2.41. The van der Waals surface area contributed by atoms with Crippen LogP contribution in [-0.2, 0) is 0 Å². The van der Waals surface area contributed by atoms with Gasteiger partial charge in [0, 0.05) is 35.9 Å². The Labute approximate surface area is 116 Å². The highest BCUT2D eigenvalue weighted by Crippen LogP contribution is 2.42. The zero-order valence-corrected chi connectivity index (χ0v) is 12.5. The summed E-state index contributed by atoms with van der Waals surface area (Å²) in [6.07, 6.45) is 0.657. The van der Waals surface area contributed by atoms with E-state index in [1.54, 1.807) is 0 Å². The third-order valence-corrected chi connectivity index (χ3v) is 4.55. The first-order valence-electron chi connectivity index (χ1n) is 7.28. The Bertz CT molecular complexity index is 409.